The lowest BCUT2D eigenvalue weighted by Gasteiger charge is -2.24. The van der Waals surface area contributed by atoms with Gasteiger partial charge in [0.2, 0.25) is 10.0 Å². The van der Waals surface area contributed by atoms with Crippen LogP contribution in [0.4, 0.5) is 0 Å². The molecular formula is C19H25NO4S. The van der Waals surface area contributed by atoms with Crippen molar-refractivity contribution in [3.05, 3.63) is 59.2 Å². The summed E-state index contributed by atoms with van der Waals surface area (Å²) in [5.41, 5.74) is 1.24. The van der Waals surface area contributed by atoms with E-state index >= 15 is 0 Å². The number of rotatable bonds is 7. The van der Waals surface area contributed by atoms with E-state index in [0.717, 1.165) is 16.9 Å². The zero-order chi connectivity index (χ0) is 18.7. The normalized spacial score (nSPS) is 14.1. The number of sulfonamides is 1. The summed E-state index contributed by atoms with van der Waals surface area (Å²) in [6.45, 7) is 5.14. The number of aryl methyl sites for hydroxylation is 2. The highest BCUT2D eigenvalue weighted by Gasteiger charge is 2.25. The zero-order valence-corrected chi connectivity index (χ0v) is 15.9. The summed E-state index contributed by atoms with van der Waals surface area (Å²) in [5.74, 6) is 0.735. The van der Waals surface area contributed by atoms with Gasteiger partial charge >= 0.3 is 0 Å². The third kappa shape index (κ3) is 5.29. The van der Waals surface area contributed by atoms with Crippen molar-refractivity contribution >= 4 is 10.0 Å². The van der Waals surface area contributed by atoms with Gasteiger partial charge in [0.15, 0.2) is 0 Å². The Bertz CT molecular complexity index is 827. The summed E-state index contributed by atoms with van der Waals surface area (Å²) in [4.78, 5) is 0.243. The minimum atomic E-state index is -3.68. The zero-order valence-electron chi connectivity index (χ0n) is 15.0. The van der Waals surface area contributed by atoms with Gasteiger partial charge in [-0.05, 0) is 55.7 Å². The molecule has 2 N–H and O–H groups in total. The van der Waals surface area contributed by atoms with Crippen LogP contribution in [0.15, 0.2) is 47.4 Å². The molecule has 0 aliphatic rings. The number of hydrogen-bond donors (Lipinski definition) is 2. The van der Waals surface area contributed by atoms with Crippen molar-refractivity contribution in [1.82, 2.24) is 4.72 Å². The van der Waals surface area contributed by atoms with Crippen molar-refractivity contribution in [3.8, 4) is 5.75 Å². The summed E-state index contributed by atoms with van der Waals surface area (Å²) in [5, 5.41) is 10.6. The van der Waals surface area contributed by atoms with Crippen LogP contribution in [0.3, 0.4) is 0 Å². The van der Waals surface area contributed by atoms with E-state index in [4.69, 9.17) is 4.74 Å². The SMILES string of the molecule is COc1ccc(CC(C)(O)CNS(=O)(=O)c2cc(C)ccc2C)cc1. The van der Waals surface area contributed by atoms with Crippen LogP contribution in [0.25, 0.3) is 0 Å². The summed E-state index contributed by atoms with van der Waals surface area (Å²) in [7, 11) is -2.09. The molecule has 0 fully saturated rings. The molecule has 0 aliphatic carbocycles. The van der Waals surface area contributed by atoms with Crippen molar-refractivity contribution in [3.63, 3.8) is 0 Å². The lowest BCUT2D eigenvalue weighted by atomic mass is 9.97. The van der Waals surface area contributed by atoms with Gasteiger partial charge < -0.3 is 9.84 Å². The van der Waals surface area contributed by atoms with E-state index in [2.05, 4.69) is 4.72 Å². The van der Waals surface area contributed by atoms with Crippen LogP contribution in [0.1, 0.15) is 23.6 Å². The number of hydrogen-bond acceptors (Lipinski definition) is 4. The highest BCUT2D eigenvalue weighted by Crippen LogP contribution is 2.19. The minimum Gasteiger partial charge on any atom is -0.497 e. The van der Waals surface area contributed by atoms with Gasteiger partial charge in [-0.25, -0.2) is 13.1 Å². The summed E-state index contributed by atoms with van der Waals surface area (Å²) >= 11 is 0. The average molecular weight is 363 g/mol. The smallest absolute Gasteiger partial charge is 0.240 e. The quantitative estimate of drug-likeness (QED) is 0.793. The fourth-order valence-corrected chi connectivity index (χ4v) is 4.06. The second-order valence-electron chi connectivity index (χ2n) is 6.62. The molecule has 0 bridgehead atoms. The molecule has 136 valence electrons. The number of aliphatic hydroxyl groups is 1. The molecule has 0 saturated heterocycles. The molecule has 2 rings (SSSR count). The monoisotopic (exact) mass is 363 g/mol. The molecule has 1 unspecified atom stereocenters. The first-order valence-electron chi connectivity index (χ1n) is 8.05. The molecule has 0 aromatic heterocycles. The van der Waals surface area contributed by atoms with Crippen LogP contribution in [-0.4, -0.2) is 32.8 Å². The Kier molecular flexibility index (Phi) is 5.87. The Balaban J connectivity index is 2.08. The minimum absolute atomic E-state index is 0.0747. The molecule has 0 aliphatic heterocycles. The van der Waals surface area contributed by atoms with Gasteiger partial charge in [0.25, 0.3) is 0 Å². The Morgan fingerprint density at radius 3 is 2.36 bits per heavy atom. The predicted octanol–water partition coefficient (Wildman–Crippen LogP) is 2.58. The van der Waals surface area contributed by atoms with Crippen molar-refractivity contribution in [2.75, 3.05) is 13.7 Å². The van der Waals surface area contributed by atoms with E-state index in [0.29, 0.717) is 12.0 Å². The fourth-order valence-electron chi connectivity index (χ4n) is 2.57. The molecule has 2 aromatic rings. The average Bonchev–Trinajstić information content (AvgIpc) is 2.56. The van der Waals surface area contributed by atoms with Crippen molar-refractivity contribution < 1.29 is 18.3 Å². The Morgan fingerprint density at radius 2 is 1.76 bits per heavy atom. The first kappa shape index (κ1) is 19.4. The van der Waals surface area contributed by atoms with Crippen molar-refractivity contribution in [1.29, 1.82) is 0 Å². The van der Waals surface area contributed by atoms with Gasteiger partial charge in [0.05, 0.1) is 17.6 Å². The fraction of sp³-hybridized carbons (Fsp3) is 0.368. The summed E-state index contributed by atoms with van der Waals surface area (Å²) < 4.78 is 32.7. The third-order valence-corrected chi connectivity index (χ3v) is 5.56. The summed E-state index contributed by atoms with van der Waals surface area (Å²) in [6.07, 6.45) is 0.326. The molecule has 0 radical (unpaired) electrons. The van der Waals surface area contributed by atoms with Gasteiger partial charge in [-0.1, -0.05) is 24.3 Å². The van der Waals surface area contributed by atoms with Gasteiger partial charge in [0.1, 0.15) is 5.75 Å². The van der Waals surface area contributed by atoms with Gasteiger partial charge in [-0.15, -0.1) is 0 Å². The van der Waals surface area contributed by atoms with Crippen molar-refractivity contribution in [2.24, 2.45) is 0 Å². The number of benzene rings is 2. The summed E-state index contributed by atoms with van der Waals surface area (Å²) in [6, 6.07) is 12.6. The third-order valence-electron chi connectivity index (χ3n) is 4.02. The maximum atomic E-state index is 12.5. The maximum absolute atomic E-state index is 12.5. The van der Waals surface area contributed by atoms with Crippen LogP contribution < -0.4 is 9.46 Å². The van der Waals surface area contributed by atoms with E-state index in [1.54, 1.807) is 33.1 Å². The largest absolute Gasteiger partial charge is 0.497 e. The molecule has 6 heteroatoms. The first-order valence-corrected chi connectivity index (χ1v) is 9.53. The number of methoxy groups -OCH3 is 1. The molecule has 5 nitrogen and oxygen atoms in total. The molecule has 25 heavy (non-hydrogen) atoms. The van der Waals surface area contributed by atoms with Gasteiger partial charge in [0, 0.05) is 13.0 Å². The second-order valence-corrected chi connectivity index (χ2v) is 8.35. The van der Waals surface area contributed by atoms with E-state index in [1.165, 1.54) is 0 Å². The first-order chi connectivity index (χ1) is 11.6. The number of nitrogens with one attached hydrogen (secondary N) is 1. The molecule has 0 heterocycles. The molecule has 0 amide bonds. The van der Waals surface area contributed by atoms with Crippen LogP contribution >= 0.6 is 0 Å². The van der Waals surface area contributed by atoms with E-state index in [1.807, 2.05) is 37.3 Å². The highest BCUT2D eigenvalue weighted by atomic mass is 32.2. The van der Waals surface area contributed by atoms with Crippen LogP contribution in [-0.2, 0) is 16.4 Å². The van der Waals surface area contributed by atoms with E-state index in [9.17, 15) is 13.5 Å². The van der Waals surface area contributed by atoms with Gasteiger partial charge in [-0.2, -0.15) is 0 Å². The second kappa shape index (κ2) is 7.56. The van der Waals surface area contributed by atoms with E-state index in [-0.39, 0.29) is 11.4 Å². The van der Waals surface area contributed by atoms with Crippen molar-refractivity contribution in [2.45, 2.75) is 37.7 Å². The van der Waals surface area contributed by atoms with Crippen LogP contribution in [0, 0.1) is 13.8 Å². The molecule has 1 atom stereocenters. The molecular weight excluding hydrogens is 338 g/mol. The predicted molar refractivity (Wildman–Crippen MR) is 98.4 cm³/mol. The lowest BCUT2D eigenvalue weighted by Crippen LogP contribution is -2.42. The standard InChI is InChI=1S/C19H25NO4S/c1-14-5-6-15(2)18(11-14)25(22,23)20-13-19(3,21)12-16-7-9-17(24-4)10-8-16/h5-11,20-21H,12-13H2,1-4H3. The topological polar surface area (TPSA) is 75.6 Å². The maximum Gasteiger partial charge on any atom is 0.240 e. The molecule has 2 aromatic carbocycles. The van der Waals surface area contributed by atoms with E-state index < -0.39 is 15.6 Å². The van der Waals surface area contributed by atoms with Crippen LogP contribution in [0.2, 0.25) is 0 Å². The number of ether oxygens (including phenoxy) is 1. The molecule has 0 spiro atoms. The molecule has 0 saturated carbocycles. The Morgan fingerprint density at radius 1 is 1.12 bits per heavy atom. The highest BCUT2D eigenvalue weighted by molar-refractivity contribution is 7.89. The van der Waals surface area contributed by atoms with Crippen LogP contribution in [0.5, 0.6) is 5.75 Å². The lowest BCUT2D eigenvalue weighted by molar-refractivity contribution is 0.0657. The Hall–Kier alpha value is -1.89. The van der Waals surface area contributed by atoms with Gasteiger partial charge in [-0.3, -0.25) is 0 Å². The Labute approximate surface area is 149 Å².